The lowest BCUT2D eigenvalue weighted by Gasteiger charge is -2.41. The van der Waals surface area contributed by atoms with E-state index in [9.17, 15) is 0 Å². The van der Waals surface area contributed by atoms with Crippen LogP contribution < -0.4 is 5.32 Å². The highest BCUT2D eigenvalue weighted by Gasteiger charge is 2.40. The van der Waals surface area contributed by atoms with Crippen LogP contribution in [0.25, 0.3) is 0 Å². The lowest BCUT2D eigenvalue weighted by molar-refractivity contribution is -0.0669. The van der Waals surface area contributed by atoms with E-state index in [0.717, 1.165) is 19.8 Å². The Morgan fingerprint density at radius 1 is 1.57 bits per heavy atom. The molecular formula is C11H18N2O. The van der Waals surface area contributed by atoms with Crippen molar-refractivity contribution in [2.75, 3.05) is 26.8 Å². The number of rotatable bonds is 5. The number of aromatic nitrogens is 1. The highest BCUT2D eigenvalue weighted by Crippen LogP contribution is 2.35. The first-order valence-corrected chi connectivity index (χ1v) is 5.24. The third kappa shape index (κ3) is 1.70. The maximum absolute atomic E-state index is 5.35. The van der Waals surface area contributed by atoms with Gasteiger partial charge in [0.1, 0.15) is 0 Å². The first-order valence-electron chi connectivity index (χ1n) is 5.24. The molecule has 78 valence electrons. The van der Waals surface area contributed by atoms with Gasteiger partial charge in [-0.1, -0.05) is 0 Å². The fraction of sp³-hybridized carbons (Fsp3) is 0.636. The van der Waals surface area contributed by atoms with E-state index in [1.54, 1.807) is 0 Å². The second kappa shape index (κ2) is 4.15. The molecule has 2 heterocycles. The molecular weight excluding hydrogens is 176 g/mol. The van der Waals surface area contributed by atoms with Gasteiger partial charge in [0.2, 0.25) is 0 Å². The zero-order valence-electron chi connectivity index (χ0n) is 8.68. The quantitative estimate of drug-likeness (QED) is 0.693. The molecule has 3 heteroatoms. The standard InChI is InChI=1S/C11H18N2O/c1-12-6-3-5-11(8-14-9-11)10-4-2-7-13-10/h2,4,7,12-13H,3,5-6,8-9H2,1H3. The van der Waals surface area contributed by atoms with Crippen molar-refractivity contribution >= 4 is 0 Å². The Morgan fingerprint density at radius 3 is 2.93 bits per heavy atom. The van der Waals surface area contributed by atoms with Gasteiger partial charge >= 0.3 is 0 Å². The molecule has 0 aromatic carbocycles. The highest BCUT2D eigenvalue weighted by atomic mass is 16.5. The molecule has 0 spiro atoms. The maximum atomic E-state index is 5.35. The summed E-state index contributed by atoms with van der Waals surface area (Å²) in [5, 5.41) is 3.18. The van der Waals surface area contributed by atoms with Gasteiger partial charge in [-0.05, 0) is 38.6 Å². The van der Waals surface area contributed by atoms with E-state index in [1.807, 2.05) is 13.2 Å². The van der Waals surface area contributed by atoms with Crippen LogP contribution in [0.15, 0.2) is 18.3 Å². The molecule has 0 bridgehead atoms. The molecule has 1 fully saturated rings. The Balaban J connectivity index is 1.96. The fourth-order valence-corrected chi connectivity index (χ4v) is 2.05. The molecule has 0 unspecified atom stereocenters. The molecule has 1 aliphatic heterocycles. The van der Waals surface area contributed by atoms with Crippen molar-refractivity contribution in [2.45, 2.75) is 18.3 Å². The van der Waals surface area contributed by atoms with Gasteiger partial charge in [-0.25, -0.2) is 0 Å². The highest BCUT2D eigenvalue weighted by molar-refractivity contribution is 5.20. The summed E-state index contributed by atoms with van der Waals surface area (Å²) in [5.41, 5.74) is 1.61. The van der Waals surface area contributed by atoms with E-state index in [4.69, 9.17) is 4.74 Å². The van der Waals surface area contributed by atoms with Crippen LogP contribution in [0.3, 0.4) is 0 Å². The van der Waals surface area contributed by atoms with Gasteiger partial charge in [0.05, 0.1) is 18.6 Å². The van der Waals surface area contributed by atoms with Gasteiger partial charge in [0.15, 0.2) is 0 Å². The Bertz CT molecular complexity index is 265. The van der Waals surface area contributed by atoms with Crippen LogP contribution >= 0.6 is 0 Å². The number of ether oxygens (including phenoxy) is 1. The molecule has 14 heavy (non-hydrogen) atoms. The minimum atomic E-state index is 0.278. The van der Waals surface area contributed by atoms with Gasteiger partial charge < -0.3 is 15.0 Å². The van der Waals surface area contributed by atoms with Crippen LogP contribution in [0, 0.1) is 0 Å². The van der Waals surface area contributed by atoms with Gasteiger partial charge in [-0.2, -0.15) is 0 Å². The first-order chi connectivity index (χ1) is 6.87. The minimum absolute atomic E-state index is 0.278. The maximum Gasteiger partial charge on any atom is 0.0600 e. The van der Waals surface area contributed by atoms with E-state index in [1.165, 1.54) is 18.5 Å². The van der Waals surface area contributed by atoms with Crippen LogP contribution in [0.5, 0.6) is 0 Å². The van der Waals surface area contributed by atoms with E-state index in [-0.39, 0.29) is 5.41 Å². The van der Waals surface area contributed by atoms with Crippen molar-refractivity contribution in [3.8, 4) is 0 Å². The van der Waals surface area contributed by atoms with Crippen LogP contribution in [0.1, 0.15) is 18.5 Å². The Morgan fingerprint density at radius 2 is 2.43 bits per heavy atom. The number of aromatic amines is 1. The molecule has 0 radical (unpaired) electrons. The van der Waals surface area contributed by atoms with Crippen LogP contribution in [-0.4, -0.2) is 31.8 Å². The molecule has 2 N–H and O–H groups in total. The third-order valence-electron chi connectivity index (χ3n) is 3.01. The fourth-order valence-electron chi connectivity index (χ4n) is 2.05. The van der Waals surface area contributed by atoms with E-state index in [0.29, 0.717) is 0 Å². The Labute approximate surface area is 84.9 Å². The lowest BCUT2D eigenvalue weighted by atomic mass is 9.78. The van der Waals surface area contributed by atoms with Gasteiger partial charge in [-0.3, -0.25) is 0 Å². The van der Waals surface area contributed by atoms with Crippen molar-refractivity contribution in [3.63, 3.8) is 0 Å². The van der Waals surface area contributed by atoms with Gasteiger partial charge in [-0.15, -0.1) is 0 Å². The third-order valence-corrected chi connectivity index (χ3v) is 3.01. The van der Waals surface area contributed by atoms with Crippen molar-refractivity contribution in [1.82, 2.24) is 10.3 Å². The SMILES string of the molecule is CNCCCC1(c2ccc[nH]2)COC1. The number of nitrogens with one attached hydrogen (secondary N) is 2. The molecule has 0 amide bonds. The predicted octanol–water partition coefficient (Wildman–Crippen LogP) is 1.28. The van der Waals surface area contributed by atoms with Crippen LogP contribution in [0.4, 0.5) is 0 Å². The number of hydrogen-bond donors (Lipinski definition) is 2. The summed E-state index contributed by atoms with van der Waals surface area (Å²) >= 11 is 0. The Hall–Kier alpha value is -0.800. The summed E-state index contributed by atoms with van der Waals surface area (Å²) in [5.74, 6) is 0. The van der Waals surface area contributed by atoms with Crippen LogP contribution in [-0.2, 0) is 10.2 Å². The first kappa shape index (κ1) is 9.74. The minimum Gasteiger partial charge on any atom is -0.379 e. The average molecular weight is 194 g/mol. The second-order valence-corrected chi connectivity index (χ2v) is 4.06. The monoisotopic (exact) mass is 194 g/mol. The molecule has 0 saturated carbocycles. The number of H-pyrrole nitrogens is 1. The summed E-state index contributed by atoms with van der Waals surface area (Å²) in [6.07, 6.45) is 4.40. The lowest BCUT2D eigenvalue weighted by Crippen LogP contribution is -2.47. The largest absolute Gasteiger partial charge is 0.379 e. The number of hydrogen-bond acceptors (Lipinski definition) is 2. The molecule has 1 aliphatic rings. The van der Waals surface area contributed by atoms with Crippen molar-refractivity contribution in [1.29, 1.82) is 0 Å². The summed E-state index contributed by atoms with van der Waals surface area (Å²) in [6, 6.07) is 4.23. The molecule has 2 rings (SSSR count). The topological polar surface area (TPSA) is 37.0 Å². The molecule has 0 aliphatic carbocycles. The van der Waals surface area contributed by atoms with E-state index in [2.05, 4.69) is 22.4 Å². The van der Waals surface area contributed by atoms with Crippen molar-refractivity contribution in [2.24, 2.45) is 0 Å². The summed E-state index contributed by atoms with van der Waals surface area (Å²) in [4.78, 5) is 3.31. The van der Waals surface area contributed by atoms with Crippen molar-refractivity contribution in [3.05, 3.63) is 24.0 Å². The van der Waals surface area contributed by atoms with Crippen molar-refractivity contribution < 1.29 is 4.74 Å². The summed E-state index contributed by atoms with van der Waals surface area (Å²) in [7, 11) is 2.00. The molecule has 1 saturated heterocycles. The second-order valence-electron chi connectivity index (χ2n) is 4.06. The molecule has 1 aromatic rings. The average Bonchev–Trinajstić information content (AvgIpc) is 2.62. The molecule has 3 nitrogen and oxygen atoms in total. The van der Waals surface area contributed by atoms with E-state index < -0.39 is 0 Å². The smallest absolute Gasteiger partial charge is 0.0600 e. The zero-order valence-corrected chi connectivity index (χ0v) is 8.68. The zero-order chi connectivity index (χ0) is 9.86. The molecule has 0 atom stereocenters. The van der Waals surface area contributed by atoms with Crippen LogP contribution in [0.2, 0.25) is 0 Å². The predicted molar refractivity (Wildman–Crippen MR) is 56.5 cm³/mol. The summed E-state index contributed by atoms with van der Waals surface area (Å²) in [6.45, 7) is 2.83. The Kier molecular flexibility index (Phi) is 2.89. The van der Waals surface area contributed by atoms with Gasteiger partial charge in [0.25, 0.3) is 0 Å². The summed E-state index contributed by atoms with van der Waals surface area (Å²) < 4.78 is 5.35. The van der Waals surface area contributed by atoms with Gasteiger partial charge in [0, 0.05) is 11.9 Å². The van der Waals surface area contributed by atoms with E-state index >= 15 is 0 Å². The molecule has 1 aromatic heterocycles. The normalized spacial score (nSPS) is 19.2.